The van der Waals surface area contributed by atoms with E-state index in [1.165, 1.54) is 6.42 Å². The summed E-state index contributed by atoms with van der Waals surface area (Å²) in [5, 5.41) is 4.47. The Kier molecular flexibility index (Phi) is 5.12. The SMILES string of the molecule is CS(=O)CCCN=C1NC(C)(C)CCS1. The second-order valence-corrected chi connectivity index (χ2v) is 7.06. The second-order valence-electron chi connectivity index (χ2n) is 4.43. The maximum Gasteiger partial charge on any atom is 0.156 e. The fourth-order valence-electron chi connectivity index (χ4n) is 1.32. The largest absolute Gasteiger partial charge is 0.360 e. The lowest BCUT2D eigenvalue weighted by atomic mass is 10.0. The Morgan fingerprint density at radius 2 is 2.33 bits per heavy atom. The molecule has 0 bridgehead atoms. The summed E-state index contributed by atoms with van der Waals surface area (Å²) in [6.45, 7) is 5.18. The molecule has 0 aromatic heterocycles. The molecule has 3 nitrogen and oxygen atoms in total. The molecule has 0 aromatic rings. The topological polar surface area (TPSA) is 41.5 Å². The zero-order valence-corrected chi connectivity index (χ0v) is 11.3. The Labute approximate surface area is 99.0 Å². The van der Waals surface area contributed by atoms with E-state index in [9.17, 15) is 4.21 Å². The van der Waals surface area contributed by atoms with Gasteiger partial charge in [-0.2, -0.15) is 0 Å². The van der Waals surface area contributed by atoms with Crippen LogP contribution in [0.25, 0.3) is 0 Å². The van der Waals surface area contributed by atoms with E-state index < -0.39 is 10.8 Å². The summed E-state index contributed by atoms with van der Waals surface area (Å²) in [4.78, 5) is 4.48. The summed E-state index contributed by atoms with van der Waals surface area (Å²) in [6, 6.07) is 0. The van der Waals surface area contributed by atoms with Crippen LogP contribution in [0.1, 0.15) is 26.7 Å². The molecule has 1 unspecified atom stereocenters. The van der Waals surface area contributed by atoms with E-state index in [-0.39, 0.29) is 5.54 Å². The van der Waals surface area contributed by atoms with Crippen molar-refractivity contribution in [1.82, 2.24) is 5.32 Å². The first kappa shape index (κ1) is 13.0. The molecule has 1 aliphatic rings. The normalized spacial score (nSPS) is 24.9. The number of nitrogens with zero attached hydrogens (tertiary/aromatic N) is 1. The molecule has 1 N–H and O–H groups in total. The number of hydrogen-bond acceptors (Lipinski definition) is 3. The monoisotopic (exact) mass is 248 g/mol. The van der Waals surface area contributed by atoms with Crippen LogP contribution in [0.2, 0.25) is 0 Å². The average molecular weight is 248 g/mol. The number of aliphatic imine (C=N–C) groups is 1. The summed E-state index contributed by atoms with van der Waals surface area (Å²) < 4.78 is 10.8. The minimum atomic E-state index is -0.684. The van der Waals surface area contributed by atoms with E-state index in [0.29, 0.717) is 0 Å². The molecule has 15 heavy (non-hydrogen) atoms. The van der Waals surface area contributed by atoms with Crippen molar-refractivity contribution in [2.45, 2.75) is 32.2 Å². The smallest absolute Gasteiger partial charge is 0.156 e. The lowest BCUT2D eigenvalue weighted by Crippen LogP contribution is -2.46. The van der Waals surface area contributed by atoms with Gasteiger partial charge in [0.25, 0.3) is 0 Å². The van der Waals surface area contributed by atoms with Gasteiger partial charge < -0.3 is 5.32 Å². The lowest BCUT2D eigenvalue weighted by Gasteiger charge is -2.32. The first-order valence-corrected chi connectivity index (χ1v) is 7.96. The van der Waals surface area contributed by atoms with E-state index >= 15 is 0 Å². The molecule has 0 radical (unpaired) electrons. The molecule has 1 heterocycles. The number of hydrogen-bond donors (Lipinski definition) is 1. The predicted octanol–water partition coefficient (Wildman–Crippen LogP) is 1.62. The Hall–Kier alpha value is -0.0300. The van der Waals surface area contributed by atoms with E-state index in [0.717, 1.165) is 29.6 Å². The van der Waals surface area contributed by atoms with Gasteiger partial charge >= 0.3 is 0 Å². The van der Waals surface area contributed by atoms with Crippen LogP contribution in [-0.4, -0.2) is 39.2 Å². The summed E-state index contributed by atoms with van der Waals surface area (Å²) in [5.41, 5.74) is 0.178. The molecule has 5 heteroatoms. The average Bonchev–Trinajstić information content (AvgIpc) is 2.10. The molecule has 88 valence electrons. The highest BCUT2D eigenvalue weighted by molar-refractivity contribution is 8.13. The van der Waals surface area contributed by atoms with E-state index in [4.69, 9.17) is 0 Å². The van der Waals surface area contributed by atoms with Gasteiger partial charge in [0.15, 0.2) is 5.17 Å². The van der Waals surface area contributed by atoms with Gasteiger partial charge in [-0.1, -0.05) is 11.8 Å². The highest BCUT2D eigenvalue weighted by Crippen LogP contribution is 2.21. The first-order valence-electron chi connectivity index (χ1n) is 5.25. The second kappa shape index (κ2) is 5.89. The van der Waals surface area contributed by atoms with Crippen LogP contribution in [0, 0.1) is 0 Å². The standard InChI is InChI=1S/C10H20N2OS2/c1-10(2)5-7-14-9(12-10)11-6-4-8-15(3)13/h4-8H2,1-3H3,(H,11,12). The Bertz CT molecular complexity index is 264. The van der Waals surface area contributed by atoms with Gasteiger partial charge in [0.05, 0.1) is 0 Å². The molecule has 1 aliphatic heterocycles. The first-order chi connectivity index (χ1) is 6.99. The molecule has 0 aromatic carbocycles. The Balaban J connectivity index is 2.30. The van der Waals surface area contributed by atoms with Crippen molar-refractivity contribution in [3.63, 3.8) is 0 Å². The van der Waals surface area contributed by atoms with Gasteiger partial charge in [0.1, 0.15) is 0 Å². The lowest BCUT2D eigenvalue weighted by molar-refractivity contribution is 0.446. The maximum atomic E-state index is 10.8. The fourth-order valence-corrected chi connectivity index (χ4v) is 3.20. The minimum Gasteiger partial charge on any atom is -0.360 e. The third kappa shape index (κ3) is 5.56. The van der Waals surface area contributed by atoms with Crippen molar-refractivity contribution >= 4 is 27.7 Å². The zero-order valence-electron chi connectivity index (χ0n) is 9.71. The zero-order chi connectivity index (χ0) is 11.3. The van der Waals surface area contributed by atoms with Crippen LogP contribution in [0.4, 0.5) is 0 Å². The van der Waals surface area contributed by atoms with Crippen molar-refractivity contribution < 1.29 is 4.21 Å². The van der Waals surface area contributed by atoms with Crippen LogP contribution < -0.4 is 5.32 Å². The van der Waals surface area contributed by atoms with Gasteiger partial charge in [-0.25, -0.2) is 0 Å². The highest BCUT2D eigenvalue weighted by atomic mass is 32.2. The molecule has 1 atom stereocenters. The summed E-state index contributed by atoms with van der Waals surface area (Å²) in [5.74, 6) is 1.89. The molecule has 0 spiro atoms. The van der Waals surface area contributed by atoms with Gasteiger partial charge in [-0.15, -0.1) is 0 Å². The highest BCUT2D eigenvalue weighted by Gasteiger charge is 2.23. The van der Waals surface area contributed by atoms with Crippen molar-refractivity contribution in [2.75, 3.05) is 24.3 Å². The molecular formula is C10H20N2OS2. The molecule has 1 rings (SSSR count). The number of rotatable bonds is 4. The number of nitrogens with one attached hydrogen (secondary N) is 1. The van der Waals surface area contributed by atoms with Crippen LogP contribution in [0.3, 0.4) is 0 Å². The molecular weight excluding hydrogens is 228 g/mol. The van der Waals surface area contributed by atoms with Gasteiger partial charge in [0.2, 0.25) is 0 Å². The van der Waals surface area contributed by atoms with Gasteiger partial charge in [-0.3, -0.25) is 9.20 Å². The van der Waals surface area contributed by atoms with E-state index in [2.05, 4.69) is 24.2 Å². The molecule has 1 fully saturated rings. The Morgan fingerprint density at radius 1 is 1.60 bits per heavy atom. The third-order valence-electron chi connectivity index (χ3n) is 2.26. The number of thioether (sulfide) groups is 1. The summed E-state index contributed by atoms with van der Waals surface area (Å²) >= 11 is 1.79. The Morgan fingerprint density at radius 3 is 2.93 bits per heavy atom. The quantitative estimate of drug-likeness (QED) is 0.769. The minimum absolute atomic E-state index is 0.178. The van der Waals surface area contributed by atoms with Gasteiger partial charge in [0, 0.05) is 40.6 Å². The van der Waals surface area contributed by atoms with Crippen LogP contribution >= 0.6 is 11.8 Å². The van der Waals surface area contributed by atoms with Crippen LogP contribution in [-0.2, 0) is 10.8 Å². The van der Waals surface area contributed by atoms with Crippen molar-refractivity contribution in [3.8, 4) is 0 Å². The van der Waals surface area contributed by atoms with Crippen molar-refractivity contribution in [2.24, 2.45) is 4.99 Å². The maximum absolute atomic E-state index is 10.8. The number of amidine groups is 1. The molecule has 1 saturated heterocycles. The third-order valence-corrected chi connectivity index (χ3v) is 4.03. The van der Waals surface area contributed by atoms with Crippen LogP contribution in [0.5, 0.6) is 0 Å². The summed E-state index contributed by atoms with van der Waals surface area (Å²) in [6.07, 6.45) is 3.83. The molecule has 0 aliphatic carbocycles. The van der Waals surface area contributed by atoms with Crippen LogP contribution in [0.15, 0.2) is 4.99 Å². The molecule has 0 amide bonds. The predicted molar refractivity (Wildman–Crippen MR) is 70.1 cm³/mol. The van der Waals surface area contributed by atoms with Gasteiger partial charge in [-0.05, 0) is 26.7 Å². The summed E-state index contributed by atoms with van der Waals surface area (Å²) in [7, 11) is -0.684. The van der Waals surface area contributed by atoms with E-state index in [1.807, 2.05) is 0 Å². The van der Waals surface area contributed by atoms with E-state index in [1.54, 1.807) is 18.0 Å². The molecule has 0 saturated carbocycles. The van der Waals surface area contributed by atoms with Crippen molar-refractivity contribution in [1.29, 1.82) is 0 Å². The van der Waals surface area contributed by atoms with Crippen molar-refractivity contribution in [3.05, 3.63) is 0 Å². The fraction of sp³-hybridized carbons (Fsp3) is 0.900.